The Hall–Kier alpha value is -0.680. The van der Waals surface area contributed by atoms with Crippen molar-refractivity contribution in [3.63, 3.8) is 0 Å². The number of rotatable bonds is 6. The van der Waals surface area contributed by atoms with Crippen molar-refractivity contribution in [3.05, 3.63) is 34.6 Å². The molecular formula is C16H23ClFNO2. The molecule has 5 heteroatoms. The van der Waals surface area contributed by atoms with E-state index in [1.165, 1.54) is 12.1 Å². The highest BCUT2D eigenvalue weighted by atomic mass is 35.5. The van der Waals surface area contributed by atoms with Crippen molar-refractivity contribution in [1.82, 2.24) is 5.32 Å². The molecule has 2 unspecified atom stereocenters. The summed E-state index contributed by atoms with van der Waals surface area (Å²) in [6, 6.07) is 4.65. The maximum Gasteiger partial charge on any atom is 0.142 e. The topological polar surface area (TPSA) is 41.5 Å². The second-order valence-corrected chi connectivity index (χ2v) is 6.18. The van der Waals surface area contributed by atoms with Crippen LogP contribution in [0.15, 0.2) is 18.2 Å². The number of hydrogen-bond donors (Lipinski definition) is 2. The molecule has 0 aromatic heterocycles. The second-order valence-electron chi connectivity index (χ2n) is 5.77. The fourth-order valence-electron chi connectivity index (χ4n) is 2.88. The zero-order valence-corrected chi connectivity index (χ0v) is 13.1. The van der Waals surface area contributed by atoms with Crippen molar-refractivity contribution < 1.29 is 14.2 Å². The third kappa shape index (κ3) is 4.92. The van der Waals surface area contributed by atoms with Crippen molar-refractivity contribution in [3.8, 4) is 0 Å². The number of hydrogen-bond acceptors (Lipinski definition) is 3. The highest BCUT2D eigenvalue weighted by Crippen LogP contribution is 2.23. The predicted molar refractivity (Wildman–Crippen MR) is 82.0 cm³/mol. The first-order chi connectivity index (χ1) is 10.1. The molecule has 0 saturated carbocycles. The Morgan fingerprint density at radius 1 is 1.43 bits per heavy atom. The summed E-state index contributed by atoms with van der Waals surface area (Å²) >= 11 is 5.69. The lowest BCUT2D eigenvalue weighted by molar-refractivity contribution is 0.0602. The van der Waals surface area contributed by atoms with Crippen LogP contribution in [0.25, 0.3) is 0 Å². The fraction of sp³-hybridized carbons (Fsp3) is 0.625. The molecular weight excluding hydrogens is 293 g/mol. The molecule has 0 bridgehead atoms. The van der Waals surface area contributed by atoms with Gasteiger partial charge in [0.15, 0.2) is 0 Å². The Morgan fingerprint density at radius 3 is 2.76 bits per heavy atom. The highest BCUT2D eigenvalue weighted by molar-refractivity contribution is 6.30. The molecule has 2 rings (SSSR count). The lowest BCUT2D eigenvalue weighted by atomic mass is 9.92. The monoisotopic (exact) mass is 315 g/mol. The molecule has 1 aromatic carbocycles. The molecule has 2 N–H and O–H groups in total. The maximum atomic E-state index is 13.5. The van der Waals surface area contributed by atoms with E-state index in [2.05, 4.69) is 12.2 Å². The molecule has 0 aliphatic carbocycles. The van der Waals surface area contributed by atoms with Gasteiger partial charge in [-0.05, 0) is 49.8 Å². The molecule has 1 aromatic rings. The van der Waals surface area contributed by atoms with Crippen molar-refractivity contribution in [1.29, 1.82) is 0 Å². The van der Waals surface area contributed by atoms with Gasteiger partial charge in [-0.2, -0.15) is 0 Å². The van der Waals surface area contributed by atoms with E-state index in [0.29, 0.717) is 5.92 Å². The van der Waals surface area contributed by atoms with Crippen LogP contribution in [0.4, 0.5) is 4.39 Å². The highest BCUT2D eigenvalue weighted by Gasteiger charge is 2.20. The molecule has 1 aliphatic heterocycles. The molecule has 1 aliphatic rings. The van der Waals surface area contributed by atoms with Gasteiger partial charge in [-0.25, -0.2) is 4.39 Å². The summed E-state index contributed by atoms with van der Waals surface area (Å²) in [5.74, 6) is 0.203. The normalized spacial score (nSPS) is 19.4. The molecule has 1 heterocycles. The van der Waals surface area contributed by atoms with Crippen molar-refractivity contribution in [2.75, 3.05) is 19.8 Å². The Labute approximate surface area is 130 Å². The minimum Gasteiger partial charge on any atom is -0.394 e. The minimum atomic E-state index is -0.452. The van der Waals surface area contributed by atoms with Crippen LogP contribution < -0.4 is 5.32 Å². The van der Waals surface area contributed by atoms with Gasteiger partial charge in [0.25, 0.3) is 0 Å². The van der Waals surface area contributed by atoms with E-state index in [0.717, 1.165) is 38.0 Å². The summed E-state index contributed by atoms with van der Waals surface area (Å²) in [5.41, 5.74) is 0.721. The molecule has 21 heavy (non-hydrogen) atoms. The quantitative estimate of drug-likeness (QED) is 0.846. The van der Waals surface area contributed by atoms with Crippen LogP contribution in [-0.2, 0) is 4.74 Å². The van der Waals surface area contributed by atoms with E-state index in [-0.39, 0.29) is 23.7 Å². The number of ether oxygens (including phenoxy) is 1. The fourth-order valence-corrected chi connectivity index (χ4v) is 2.99. The van der Waals surface area contributed by atoms with Gasteiger partial charge in [0.2, 0.25) is 0 Å². The van der Waals surface area contributed by atoms with Crippen LogP contribution in [0.1, 0.15) is 37.8 Å². The van der Waals surface area contributed by atoms with E-state index >= 15 is 0 Å². The first-order valence-electron chi connectivity index (χ1n) is 7.49. The minimum absolute atomic E-state index is 0.0702. The van der Waals surface area contributed by atoms with Gasteiger partial charge in [0.05, 0.1) is 17.7 Å². The maximum absolute atomic E-state index is 13.5. The number of aliphatic hydroxyl groups excluding tert-OH is 1. The Morgan fingerprint density at radius 2 is 2.14 bits per heavy atom. The Bertz CT molecular complexity index is 452. The van der Waals surface area contributed by atoms with Gasteiger partial charge in [-0.1, -0.05) is 17.7 Å². The van der Waals surface area contributed by atoms with E-state index in [1.807, 2.05) is 0 Å². The van der Waals surface area contributed by atoms with Gasteiger partial charge in [-0.15, -0.1) is 0 Å². The lowest BCUT2D eigenvalue weighted by Gasteiger charge is -2.28. The van der Waals surface area contributed by atoms with Crippen molar-refractivity contribution in [2.45, 2.75) is 38.3 Å². The zero-order valence-electron chi connectivity index (χ0n) is 12.3. The molecule has 118 valence electrons. The number of benzene rings is 1. The summed E-state index contributed by atoms with van der Waals surface area (Å²) in [4.78, 5) is 0. The van der Waals surface area contributed by atoms with E-state index < -0.39 is 5.82 Å². The molecule has 3 nitrogen and oxygen atoms in total. The van der Waals surface area contributed by atoms with Crippen LogP contribution in [0.2, 0.25) is 5.02 Å². The average Bonchev–Trinajstić information content (AvgIpc) is 2.49. The van der Waals surface area contributed by atoms with Crippen LogP contribution in [-0.4, -0.2) is 31.0 Å². The Balaban J connectivity index is 1.92. The molecule has 0 radical (unpaired) electrons. The smallest absolute Gasteiger partial charge is 0.142 e. The summed E-state index contributed by atoms with van der Waals surface area (Å²) < 4.78 is 18.9. The SMILES string of the molecule is CC(CC1CCOCC1)NC(CO)c1ccc(Cl)c(F)c1. The Kier molecular flexibility index (Phi) is 6.42. The number of halogens is 2. The van der Waals surface area contributed by atoms with Gasteiger partial charge >= 0.3 is 0 Å². The second kappa shape index (κ2) is 8.08. The standard InChI is InChI=1S/C16H23ClFNO2/c1-11(8-12-4-6-21-7-5-12)19-16(10-20)13-2-3-14(17)15(18)9-13/h2-3,9,11-12,16,19-20H,4-8,10H2,1H3. The van der Waals surface area contributed by atoms with Gasteiger partial charge in [0.1, 0.15) is 5.82 Å². The van der Waals surface area contributed by atoms with Crippen LogP contribution >= 0.6 is 11.6 Å². The molecule has 1 saturated heterocycles. The summed E-state index contributed by atoms with van der Waals surface area (Å²) in [6.45, 7) is 3.70. The van der Waals surface area contributed by atoms with Crippen LogP contribution in [0.5, 0.6) is 0 Å². The lowest BCUT2D eigenvalue weighted by Crippen LogP contribution is -2.35. The van der Waals surface area contributed by atoms with Crippen molar-refractivity contribution >= 4 is 11.6 Å². The van der Waals surface area contributed by atoms with Crippen molar-refractivity contribution in [2.24, 2.45) is 5.92 Å². The number of aliphatic hydroxyl groups is 1. The summed E-state index contributed by atoms with van der Waals surface area (Å²) in [7, 11) is 0. The first-order valence-corrected chi connectivity index (χ1v) is 7.87. The third-order valence-electron chi connectivity index (χ3n) is 4.04. The third-order valence-corrected chi connectivity index (χ3v) is 4.35. The summed E-state index contributed by atoms with van der Waals surface area (Å²) in [6.07, 6.45) is 3.21. The van der Waals surface area contributed by atoms with E-state index in [9.17, 15) is 9.50 Å². The van der Waals surface area contributed by atoms with E-state index in [4.69, 9.17) is 16.3 Å². The van der Waals surface area contributed by atoms with Crippen LogP contribution in [0, 0.1) is 11.7 Å². The predicted octanol–water partition coefficient (Wildman–Crippen LogP) is 3.31. The summed E-state index contributed by atoms with van der Waals surface area (Å²) in [5, 5.41) is 13.0. The first kappa shape index (κ1) is 16.7. The van der Waals surface area contributed by atoms with Gasteiger partial charge in [0, 0.05) is 19.3 Å². The molecule has 1 fully saturated rings. The molecule has 0 spiro atoms. The zero-order chi connectivity index (χ0) is 15.2. The van der Waals surface area contributed by atoms with Gasteiger partial charge in [-0.3, -0.25) is 0 Å². The molecule has 0 amide bonds. The van der Waals surface area contributed by atoms with E-state index in [1.54, 1.807) is 6.07 Å². The average molecular weight is 316 g/mol. The van der Waals surface area contributed by atoms with Gasteiger partial charge < -0.3 is 15.2 Å². The number of nitrogens with one attached hydrogen (secondary N) is 1. The van der Waals surface area contributed by atoms with Crippen LogP contribution in [0.3, 0.4) is 0 Å². The molecule has 2 atom stereocenters. The largest absolute Gasteiger partial charge is 0.394 e.